The first-order valence-electron chi connectivity index (χ1n) is 8.39. The van der Waals surface area contributed by atoms with Crippen molar-refractivity contribution in [2.24, 2.45) is 5.92 Å². The monoisotopic (exact) mass is 288 g/mol. The molecule has 3 heteroatoms. The van der Waals surface area contributed by atoms with Gasteiger partial charge in [-0.1, -0.05) is 25.8 Å². The molecule has 0 spiro atoms. The van der Waals surface area contributed by atoms with E-state index in [-0.39, 0.29) is 0 Å². The van der Waals surface area contributed by atoms with Gasteiger partial charge in [-0.3, -0.25) is 4.90 Å². The molecule has 0 N–H and O–H groups in total. The van der Waals surface area contributed by atoms with Gasteiger partial charge in [0, 0.05) is 44.0 Å². The van der Waals surface area contributed by atoms with Crippen LogP contribution in [0.1, 0.15) is 32.6 Å². The van der Waals surface area contributed by atoms with E-state index in [0.717, 1.165) is 30.8 Å². The van der Waals surface area contributed by atoms with Crippen molar-refractivity contribution in [3.05, 3.63) is 24.3 Å². The van der Waals surface area contributed by atoms with Crippen LogP contribution in [0.4, 0.5) is 5.69 Å². The molecule has 1 saturated heterocycles. The van der Waals surface area contributed by atoms with E-state index in [1.54, 1.807) is 7.11 Å². The zero-order valence-electron chi connectivity index (χ0n) is 13.4. The lowest BCUT2D eigenvalue weighted by atomic mass is 9.86. The van der Waals surface area contributed by atoms with Gasteiger partial charge >= 0.3 is 0 Å². The van der Waals surface area contributed by atoms with E-state index in [4.69, 9.17) is 4.74 Å². The molecule has 1 aliphatic heterocycles. The lowest BCUT2D eigenvalue weighted by molar-refractivity contribution is 0.127. The van der Waals surface area contributed by atoms with E-state index in [1.807, 2.05) is 6.07 Å². The second-order valence-corrected chi connectivity index (χ2v) is 6.65. The third-order valence-corrected chi connectivity index (χ3v) is 5.16. The molecule has 3 rings (SSSR count). The molecule has 116 valence electrons. The number of rotatable bonds is 3. The van der Waals surface area contributed by atoms with Crippen molar-refractivity contribution in [3.63, 3.8) is 0 Å². The third kappa shape index (κ3) is 3.52. The SMILES string of the molecule is COc1cccc(N2CCN([C@@H]3CCC[C@@H](C)C3)CC2)c1. The average molecular weight is 288 g/mol. The summed E-state index contributed by atoms with van der Waals surface area (Å²) in [6.45, 7) is 7.10. The topological polar surface area (TPSA) is 15.7 Å². The number of nitrogens with zero attached hydrogens (tertiary/aromatic N) is 2. The summed E-state index contributed by atoms with van der Waals surface area (Å²) in [5, 5.41) is 0. The van der Waals surface area contributed by atoms with E-state index >= 15 is 0 Å². The van der Waals surface area contributed by atoms with E-state index in [1.165, 1.54) is 44.5 Å². The van der Waals surface area contributed by atoms with Gasteiger partial charge in [-0.15, -0.1) is 0 Å². The molecule has 2 atom stereocenters. The maximum absolute atomic E-state index is 5.34. The first-order chi connectivity index (χ1) is 10.3. The molecule has 2 fully saturated rings. The number of methoxy groups -OCH3 is 1. The van der Waals surface area contributed by atoms with Crippen molar-refractivity contribution < 1.29 is 4.74 Å². The Balaban J connectivity index is 1.57. The van der Waals surface area contributed by atoms with Gasteiger partial charge in [-0.2, -0.15) is 0 Å². The summed E-state index contributed by atoms with van der Waals surface area (Å²) < 4.78 is 5.34. The van der Waals surface area contributed by atoms with Gasteiger partial charge in [0.1, 0.15) is 5.75 Å². The van der Waals surface area contributed by atoms with Gasteiger partial charge in [0.05, 0.1) is 7.11 Å². The maximum Gasteiger partial charge on any atom is 0.120 e. The minimum Gasteiger partial charge on any atom is -0.497 e. The normalized spacial score (nSPS) is 27.6. The summed E-state index contributed by atoms with van der Waals surface area (Å²) >= 11 is 0. The maximum atomic E-state index is 5.34. The van der Waals surface area contributed by atoms with Crippen LogP contribution >= 0.6 is 0 Å². The number of benzene rings is 1. The first kappa shape index (κ1) is 14.7. The second kappa shape index (κ2) is 6.69. The molecule has 2 aliphatic rings. The quantitative estimate of drug-likeness (QED) is 0.848. The predicted molar refractivity (Wildman–Crippen MR) is 88.2 cm³/mol. The van der Waals surface area contributed by atoms with Crippen LogP contribution in [-0.2, 0) is 0 Å². The van der Waals surface area contributed by atoms with Gasteiger partial charge < -0.3 is 9.64 Å². The predicted octanol–water partition coefficient (Wildman–Crippen LogP) is 3.40. The second-order valence-electron chi connectivity index (χ2n) is 6.65. The van der Waals surface area contributed by atoms with Crippen LogP contribution in [0.3, 0.4) is 0 Å². The standard InChI is InChI=1S/C18H28N2O/c1-15-5-3-6-16(13-15)19-9-11-20(12-10-19)17-7-4-8-18(14-17)21-2/h4,7-8,14-16H,3,5-6,9-13H2,1-2H3/t15-,16-/m1/s1. The van der Waals surface area contributed by atoms with Crippen LogP contribution < -0.4 is 9.64 Å². The lowest BCUT2D eigenvalue weighted by Gasteiger charge is -2.42. The number of anilines is 1. The van der Waals surface area contributed by atoms with Gasteiger partial charge in [0.25, 0.3) is 0 Å². The Bertz CT molecular complexity index is 454. The zero-order chi connectivity index (χ0) is 14.7. The van der Waals surface area contributed by atoms with Crippen molar-refractivity contribution in [1.29, 1.82) is 0 Å². The highest BCUT2D eigenvalue weighted by Crippen LogP contribution is 2.29. The van der Waals surface area contributed by atoms with E-state index in [0.29, 0.717) is 0 Å². The Morgan fingerprint density at radius 1 is 1.10 bits per heavy atom. The average Bonchev–Trinajstić information content (AvgIpc) is 2.55. The molecule has 3 nitrogen and oxygen atoms in total. The summed E-state index contributed by atoms with van der Waals surface area (Å²) in [7, 11) is 1.74. The fourth-order valence-corrected chi connectivity index (χ4v) is 3.89. The summed E-state index contributed by atoms with van der Waals surface area (Å²) in [6.07, 6.45) is 5.66. The fraction of sp³-hybridized carbons (Fsp3) is 0.667. The molecule has 1 saturated carbocycles. The van der Waals surface area contributed by atoms with Gasteiger partial charge in [0.15, 0.2) is 0 Å². The molecule has 0 bridgehead atoms. The first-order valence-corrected chi connectivity index (χ1v) is 8.39. The Kier molecular flexibility index (Phi) is 4.69. The Morgan fingerprint density at radius 2 is 1.90 bits per heavy atom. The van der Waals surface area contributed by atoms with E-state index in [2.05, 4.69) is 34.9 Å². The summed E-state index contributed by atoms with van der Waals surface area (Å²) in [5.41, 5.74) is 1.30. The van der Waals surface area contributed by atoms with Crippen molar-refractivity contribution >= 4 is 5.69 Å². The van der Waals surface area contributed by atoms with Crippen LogP contribution in [-0.4, -0.2) is 44.2 Å². The molecule has 0 unspecified atom stereocenters. The van der Waals surface area contributed by atoms with Crippen LogP contribution in [0, 0.1) is 5.92 Å². The lowest BCUT2D eigenvalue weighted by Crippen LogP contribution is -2.51. The van der Waals surface area contributed by atoms with Crippen LogP contribution in [0.5, 0.6) is 5.75 Å². The van der Waals surface area contributed by atoms with Gasteiger partial charge in [-0.05, 0) is 30.9 Å². The minimum atomic E-state index is 0.834. The summed E-state index contributed by atoms with van der Waals surface area (Å²) in [6, 6.07) is 9.28. The molecule has 0 radical (unpaired) electrons. The largest absolute Gasteiger partial charge is 0.497 e. The smallest absolute Gasteiger partial charge is 0.120 e. The molecular formula is C18H28N2O. The van der Waals surface area contributed by atoms with Crippen molar-refractivity contribution in [3.8, 4) is 5.75 Å². The highest BCUT2D eigenvalue weighted by Gasteiger charge is 2.27. The molecule has 0 aromatic heterocycles. The van der Waals surface area contributed by atoms with E-state index < -0.39 is 0 Å². The number of hydrogen-bond acceptors (Lipinski definition) is 3. The fourth-order valence-electron chi connectivity index (χ4n) is 3.89. The van der Waals surface area contributed by atoms with Crippen LogP contribution in [0.25, 0.3) is 0 Å². The Morgan fingerprint density at radius 3 is 2.62 bits per heavy atom. The van der Waals surface area contributed by atoms with Crippen molar-refractivity contribution in [1.82, 2.24) is 4.90 Å². The van der Waals surface area contributed by atoms with E-state index in [9.17, 15) is 0 Å². The summed E-state index contributed by atoms with van der Waals surface area (Å²) in [5.74, 6) is 1.87. The van der Waals surface area contributed by atoms with Crippen molar-refractivity contribution in [2.45, 2.75) is 38.6 Å². The number of piperazine rings is 1. The zero-order valence-corrected chi connectivity index (χ0v) is 13.4. The van der Waals surface area contributed by atoms with Crippen LogP contribution in [0.15, 0.2) is 24.3 Å². The molecule has 0 amide bonds. The van der Waals surface area contributed by atoms with Crippen molar-refractivity contribution in [2.75, 3.05) is 38.2 Å². The highest BCUT2D eigenvalue weighted by atomic mass is 16.5. The molecule has 21 heavy (non-hydrogen) atoms. The molecule has 1 heterocycles. The van der Waals surface area contributed by atoms with Crippen LogP contribution in [0.2, 0.25) is 0 Å². The van der Waals surface area contributed by atoms with Gasteiger partial charge in [0.2, 0.25) is 0 Å². The number of hydrogen-bond donors (Lipinski definition) is 0. The molecule has 1 aromatic carbocycles. The number of ether oxygens (including phenoxy) is 1. The molecule has 1 aliphatic carbocycles. The summed E-state index contributed by atoms with van der Waals surface area (Å²) in [4.78, 5) is 5.22. The Hall–Kier alpha value is -1.22. The van der Waals surface area contributed by atoms with Gasteiger partial charge in [-0.25, -0.2) is 0 Å². The third-order valence-electron chi connectivity index (χ3n) is 5.16. The molecular weight excluding hydrogens is 260 g/mol. The highest BCUT2D eigenvalue weighted by molar-refractivity contribution is 5.51. The molecule has 1 aromatic rings. The minimum absolute atomic E-state index is 0.834. The Labute approximate surface area is 128 Å².